The van der Waals surface area contributed by atoms with Gasteiger partial charge in [0.15, 0.2) is 5.13 Å². The number of rotatable bonds is 3. The third kappa shape index (κ3) is 2.47. The van der Waals surface area contributed by atoms with Crippen molar-refractivity contribution in [2.24, 2.45) is 11.7 Å². The molecule has 6 heteroatoms. The molecule has 2 fully saturated rings. The highest BCUT2D eigenvalue weighted by atomic mass is 32.1. The quantitative estimate of drug-likeness (QED) is 0.894. The molecule has 1 aromatic heterocycles. The summed E-state index contributed by atoms with van der Waals surface area (Å²) in [5.74, 6) is 0.505. The van der Waals surface area contributed by atoms with Gasteiger partial charge in [0, 0.05) is 37.8 Å². The zero-order valence-corrected chi connectivity index (χ0v) is 12.0. The van der Waals surface area contributed by atoms with Gasteiger partial charge in [0.05, 0.1) is 5.54 Å². The van der Waals surface area contributed by atoms with Crippen LogP contribution in [0.1, 0.15) is 19.8 Å². The summed E-state index contributed by atoms with van der Waals surface area (Å²) in [6.07, 6.45) is 4.01. The molecule has 1 amide bonds. The third-order valence-corrected chi connectivity index (χ3v) is 4.98. The molecule has 1 saturated carbocycles. The summed E-state index contributed by atoms with van der Waals surface area (Å²) in [4.78, 5) is 20.9. The number of piperazine rings is 1. The smallest absolute Gasteiger partial charge is 0.242 e. The van der Waals surface area contributed by atoms with E-state index in [4.69, 9.17) is 5.73 Å². The predicted molar refractivity (Wildman–Crippen MR) is 76.2 cm³/mol. The molecule has 0 radical (unpaired) electrons. The predicted octanol–water partition coefficient (Wildman–Crippen LogP) is 0.919. The van der Waals surface area contributed by atoms with E-state index in [2.05, 4.69) is 9.88 Å². The molecule has 1 unspecified atom stereocenters. The van der Waals surface area contributed by atoms with Gasteiger partial charge in [0.1, 0.15) is 0 Å². The second-order valence-electron chi connectivity index (χ2n) is 5.65. The van der Waals surface area contributed by atoms with Gasteiger partial charge in [-0.15, -0.1) is 11.3 Å². The molecule has 2 heterocycles. The van der Waals surface area contributed by atoms with Crippen molar-refractivity contribution >= 4 is 22.4 Å². The van der Waals surface area contributed by atoms with E-state index in [1.54, 1.807) is 11.3 Å². The van der Waals surface area contributed by atoms with Crippen molar-refractivity contribution in [2.45, 2.75) is 25.3 Å². The van der Waals surface area contributed by atoms with Gasteiger partial charge in [0.2, 0.25) is 5.91 Å². The molecule has 3 rings (SSSR count). The Bertz CT molecular complexity index is 447. The van der Waals surface area contributed by atoms with Crippen LogP contribution in [0.5, 0.6) is 0 Å². The topological polar surface area (TPSA) is 62.5 Å². The zero-order chi connectivity index (χ0) is 13.5. The van der Waals surface area contributed by atoms with Gasteiger partial charge in [-0.05, 0) is 25.7 Å². The summed E-state index contributed by atoms with van der Waals surface area (Å²) in [6.45, 7) is 5.08. The van der Waals surface area contributed by atoms with E-state index in [9.17, 15) is 4.79 Å². The van der Waals surface area contributed by atoms with E-state index in [1.165, 1.54) is 0 Å². The van der Waals surface area contributed by atoms with Crippen LogP contribution in [0, 0.1) is 5.92 Å². The summed E-state index contributed by atoms with van der Waals surface area (Å²) in [6, 6.07) is 0. The normalized spacial score (nSPS) is 23.3. The lowest BCUT2D eigenvalue weighted by Gasteiger charge is -2.38. The van der Waals surface area contributed by atoms with Crippen LogP contribution >= 0.6 is 11.3 Å². The van der Waals surface area contributed by atoms with Crippen LogP contribution in [0.2, 0.25) is 0 Å². The molecule has 0 bridgehead atoms. The first kappa shape index (κ1) is 12.9. The summed E-state index contributed by atoms with van der Waals surface area (Å²) >= 11 is 1.65. The Morgan fingerprint density at radius 1 is 1.42 bits per heavy atom. The number of amides is 1. The van der Waals surface area contributed by atoms with E-state index < -0.39 is 5.54 Å². The van der Waals surface area contributed by atoms with Crippen molar-refractivity contribution < 1.29 is 4.79 Å². The highest BCUT2D eigenvalue weighted by Gasteiger charge is 2.46. The van der Waals surface area contributed by atoms with E-state index in [-0.39, 0.29) is 5.91 Å². The van der Waals surface area contributed by atoms with Gasteiger partial charge in [0.25, 0.3) is 0 Å². The molecule has 5 nitrogen and oxygen atoms in total. The maximum absolute atomic E-state index is 12.5. The highest BCUT2D eigenvalue weighted by molar-refractivity contribution is 7.13. The van der Waals surface area contributed by atoms with Crippen molar-refractivity contribution in [1.29, 1.82) is 0 Å². The number of carbonyl (C=O) groups excluding carboxylic acids is 1. The maximum Gasteiger partial charge on any atom is 0.242 e. The van der Waals surface area contributed by atoms with Gasteiger partial charge in [-0.1, -0.05) is 0 Å². The maximum atomic E-state index is 12.5. The summed E-state index contributed by atoms with van der Waals surface area (Å²) in [7, 11) is 0. The van der Waals surface area contributed by atoms with Crippen LogP contribution in [-0.2, 0) is 4.79 Å². The number of anilines is 1. The molecule has 0 spiro atoms. The monoisotopic (exact) mass is 280 g/mol. The molecular weight excluding hydrogens is 260 g/mol. The molecule has 1 aliphatic carbocycles. The molecule has 1 atom stereocenters. The SMILES string of the molecule is CC(N)(C(=O)N1CCN(c2nccs2)CC1)C1CC1. The Morgan fingerprint density at radius 2 is 2.11 bits per heavy atom. The van der Waals surface area contributed by atoms with Gasteiger partial charge in [-0.25, -0.2) is 4.98 Å². The fourth-order valence-electron chi connectivity index (χ4n) is 2.67. The highest BCUT2D eigenvalue weighted by Crippen LogP contribution is 2.39. The lowest BCUT2D eigenvalue weighted by Crippen LogP contribution is -2.59. The first-order chi connectivity index (χ1) is 9.09. The molecule has 19 heavy (non-hydrogen) atoms. The van der Waals surface area contributed by atoms with Crippen LogP contribution < -0.4 is 10.6 Å². The lowest BCUT2D eigenvalue weighted by molar-refractivity contribution is -0.137. The van der Waals surface area contributed by atoms with Crippen molar-refractivity contribution in [1.82, 2.24) is 9.88 Å². The van der Waals surface area contributed by atoms with Gasteiger partial charge in [-0.3, -0.25) is 4.79 Å². The number of aromatic nitrogens is 1. The average molecular weight is 280 g/mol. The third-order valence-electron chi connectivity index (χ3n) is 4.14. The lowest BCUT2D eigenvalue weighted by atomic mass is 9.95. The van der Waals surface area contributed by atoms with E-state index in [0.717, 1.165) is 44.2 Å². The second kappa shape index (κ2) is 4.76. The first-order valence-electron chi connectivity index (χ1n) is 6.82. The van der Waals surface area contributed by atoms with E-state index in [1.807, 2.05) is 23.4 Å². The van der Waals surface area contributed by atoms with Crippen molar-refractivity contribution in [2.75, 3.05) is 31.1 Å². The Morgan fingerprint density at radius 3 is 2.63 bits per heavy atom. The molecule has 2 aliphatic rings. The second-order valence-corrected chi connectivity index (χ2v) is 6.52. The fourth-order valence-corrected chi connectivity index (χ4v) is 3.37. The van der Waals surface area contributed by atoms with Crippen LogP contribution in [0.25, 0.3) is 0 Å². The van der Waals surface area contributed by atoms with Gasteiger partial charge >= 0.3 is 0 Å². The Labute approximate surface area is 117 Å². The van der Waals surface area contributed by atoms with Crippen LogP contribution in [0.4, 0.5) is 5.13 Å². The van der Waals surface area contributed by atoms with Crippen molar-refractivity contribution in [3.05, 3.63) is 11.6 Å². The molecule has 1 aliphatic heterocycles. The number of carbonyl (C=O) groups is 1. The van der Waals surface area contributed by atoms with Crippen LogP contribution in [0.3, 0.4) is 0 Å². The minimum atomic E-state index is -0.663. The molecule has 1 aromatic rings. The summed E-state index contributed by atoms with van der Waals surface area (Å²) in [5, 5.41) is 3.03. The zero-order valence-electron chi connectivity index (χ0n) is 11.2. The van der Waals surface area contributed by atoms with Gasteiger partial charge in [-0.2, -0.15) is 0 Å². The van der Waals surface area contributed by atoms with Crippen LogP contribution in [-0.4, -0.2) is 47.5 Å². The minimum absolute atomic E-state index is 0.119. The van der Waals surface area contributed by atoms with Crippen LogP contribution in [0.15, 0.2) is 11.6 Å². The van der Waals surface area contributed by atoms with Crippen molar-refractivity contribution in [3.8, 4) is 0 Å². The fraction of sp³-hybridized carbons (Fsp3) is 0.692. The number of hydrogen-bond acceptors (Lipinski definition) is 5. The van der Waals surface area contributed by atoms with E-state index >= 15 is 0 Å². The number of nitrogens with two attached hydrogens (primary N) is 1. The molecule has 0 aromatic carbocycles. The Hall–Kier alpha value is -1.14. The average Bonchev–Trinajstić information content (AvgIpc) is 3.15. The Kier molecular flexibility index (Phi) is 3.22. The minimum Gasteiger partial charge on any atom is -0.345 e. The largest absolute Gasteiger partial charge is 0.345 e. The van der Waals surface area contributed by atoms with E-state index in [0.29, 0.717) is 5.92 Å². The molecule has 2 N–H and O–H groups in total. The first-order valence-corrected chi connectivity index (χ1v) is 7.69. The van der Waals surface area contributed by atoms with Gasteiger partial charge < -0.3 is 15.5 Å². The Balaban J connectivity index is 1.59. The number of hydrogen-bond donors (Lipinski definition) is 1. The molecule has 1 saturated heterocycles. The molecule has 104 valence electrons. The summed E-state index contributed by atoms with van der Waals surface area (Å²) < 4.78 is 0. The number of thiazole rings is 1. The standard InChI is InChI=1S/C13H20N4OS/c1-13(14,10-2-3-10)11(18)16-5-7-17(8-6-16)12-15-4-9-19-12/h4,9-10H,2-3,5-8,14H2,1H3. The number of nitrogens with zero attached hydrogens (tertiary/aromatic N) is 3. The van der Waals surface area contributed by atoms with Crippen molar-refractivity contribution in [3.63, 3.8) is 0 Å². The molecular formula is C13H20N4OS. The summed E-state index contributed by atoms with van der Waals surface area (Å²) in [5.41, 5.74) is 5.55.